The van der Waals surface area contributed by atoms with Crippen molar-refractivity contribution >= 4 is 5.91 Å². The van der Waals surface area contributed by atoms with E-state index in [2.05, 4.69) is 5.32 Å². The molecule has 1 saturated carbocycles. The Hall–Kier alpha value is -0.820. The normalized spacial score (nSPS) is 28.9. The fraction of sp³-hybridized carbons (Fsp3) is 0.909. The van der Waals surface area contributed by atoms with E-state index in [9.17, 15) is 18.0 Å². The summed E-state index contributed by atoms with van der Waals surface area (Å²) in [6, 6.07) is -0.253. The molecule has 0 radical (unpaired) electrons. The van der Waals surface area contributed by atoms with Gasteiger partial charge in [-0.05, 0) is 32.9 Å². The van der Waals surface area contributed by atoms with Gasteiger partial charge in [0.25, 0.3) is 0 Å². The summed E-state index contributed by atoms with van der Waals surface area (Å²) >= 11 is 0. The second-order valence-corrected chi connectivity index (χ2v) is 4.77. The van der Waals surface area contributed by atoms with Crippen molar-refractivity contribution in [2.75, 3.05) is 20.1 Å². The molecule has 1 amide bonds. The number of hydrogen-bond donors (Lipinski definition) is 2. The number of halogens is 3. The Balaban J connectivity index is 2.72. The Morgan fingerprint density at radius 1 is 1.56 bits per heavy atom. The lowest BCUT2D eigenvalue weighted by Crippen LogP contribution is -2.53. The minimum Gasteiger partial charge on any atom is -0.368 e. The molecule has 0 spiro atoms. The standard InChI is InChI=1S/C11H20F3N3O/c1-3-17(7-11(12,13)14)8-4-5-10(6-8,16-2)9(15)18/h8,16H,3-7H2,1-2H3,(H2,15,18). The van der Waals surface area contributed by atoms with Crippen molar-refractivity contribution in [1.82, 2.24) is 10.2 Å². The van der Waals surface area contributed by atoms with E-state index in [4.69, 9.17) is 5.73 Å². The highest BCUT2D eigenvalue weighted by molar-refractivity contribution is 5.85. The number of amides is 1. The van der Waals surface area contributed by atoms with E-state index in [0.717, 1.165) is 0 Å². The number of nitrogens with two attached hydrogens (primary N) is 1. The lowest BCUT2D eigenvalue weighted by Gasteiger charge is -2.30. The average Bonchev–Trinajstić information content (AvgIpc) is 2.70. The molecule has 2 atom stereocenters. The van der Waals surface area contributed by atoms with Crippen molar-refractivity contribution in [3.63, 3.8) is 0 Å². The molecular formula is C11H20F3N3O. The molecule has 7 heteroatoms. The zero-order valence-electron chi connectivity index (χ0n) is 10.7. The van der Waals surface area contributed by atoms with Gasteiger partial charge in [0.1, 0.15) is 0 Å². The predicted octanol–water partition coefficient (Wildman–Crippen LogP) is 0.867. The number of nitrogens with one attached hydrogen (secondary N) is 1. The highest BCUT2D eigenvalue weighted by Gasteiger charge is 2.45. The molecule has 18 heavy (non-hydrogen) atoms. The maximum atomic E-state index is 12.4. The predicted molar refractivity (Wildman–Crippen MR) is 61.9 cm³/mol. The average molecular weight is 267 g/mol. The van der Waals surface area contributed by atoms with Crippen molar-refractivity contribution < 1.29 is 18.0 Å². The molecule has 1 rings (SSSR count). The molecule has 0 aromatic heterocycles. The largest absolute Gasteiger partial charge is 0.401 e. The molecule has 0 heterocycles. The van der Waals surface area contributed by atoms with E-state index in [1.165, 1.54) is 4.90 Å². The summed E-state index contributed by atoms with van der Waals surface area (Å²) in [7, 11) is 1.62. The fourth-order valence-corrected chi connectivity index (χ4v) is 2.63. The summed E-state index contributed by atoms with van der Waals surface area (Å²) in [6.07, 6.45) is -2.85. The summed E-state index contributed by atoms with van der Waals surface area (Å²) in [4.78, 5) is 12.8. The molecule has 1 fully saturated rings. The third-order valence-corrected chi connectivity index (χ3v) is 3.74. The van der Waals surface area contributed by atoms with E-state index in [1.54, 1.807) is 14.0 Å². The molecule has 0 aromatic carbocycles. The van der Waals surface area contributed by atoms with E-state index in [0.29, 0.717) is 25.8 Å². The first-order valence-corrected chi connectivity index (χ1v) is 6.03. The SMILES string of the molecule is CCN(CC(F)(F)F)C1CCC(NC)(C(N)=O)C1. The van der Waals surface area contributed by atoms with Crippen LogP contribution in [-0.4, -0.2) is 48.7 Å². The maximum Gasteiger partial charge on any atom is 0.401 e. The zero-order chi connectivity index (χ0) is 14.0. The molecule has 0 aliphatic heterocycles. The smallest absolute Gasteiger partial charge is 0.368 e. The second-order valence-electron chi connectivity index (χ2n) is 4.77. The first-order chi connectivity index (χ1) is 8.24. The zero-order valence-corrected chi connectivity index (χ0v) is 10.7. The summed E-state index contributed by atoms with van der Waals surface area (Å²) in [6.45, 7) is 1.06. The van der Waals surface area contributed by atoms with Crippen molar-refractivity contribution in [3.8, 4) is 0 Å². The second kappa shape index (κ2) is 5.44. The molecule has 1 aliphatic carbocycles. The van der Waals surface area contributed by atoms with Crippen molar-refractivity contribution in [2.24, 2.45) is 5.73 Å². The highest BCUT2D eigenvalue weighted by Crippen LogP contribution is 2.34. The number of primary amides is 1. The molecule has 106 valence electrons. The van der Waals surface area contributed by atoms with Crippen LogP contribution in [0, 0.1) is 0 Å². The molecule has 3 N–H and O–H groups in total. The van der Waals surface area contributed by atoms with E-state index in [1.807, 2.05) is 0 Å². The molecular weight excluding hydrogens is 247 g/mol. The van der Waals surface area contributed by atoms with E-state index in [-0.39, 0.29) is 6.04 Å². The Labute approximate surface area is 105 Å². The summed E-state index contributed by atoms with van der Waals surface area (Å²) in [5, 5.41) is 2.87. The van der Waals surface area contributed by atoms with Gasteiger partial charge in [-0.25, -0.2) is 0 Å². The third kappa shape index (κ3) is 3.35. The first-order valence-electron chi connectivity index (χ1n) is 6.03. The topological polar surface area (TPSA) is 58.4 Å². The van der Waals surface area contributed by atoms with Crippen LogP contribution in [0.1, 0.15) is 26.2 Å². The fourth-order valence-electron chi connectivity index (χ4n) is 2.63. The van der Waals surface area contributed by atoms with Crippen LogP contribution in [-0.2, 0) is 4.79 Å². The number of carbonyl (C=O) groups excluding carboxylic acids is 1. The summed E-state index contributed by atoms with van der Waals surface area (Å²) < 4.78 is 37.3. The van der Waals surface area contributed by atoms with Gasteiger partial charge in [-0.3, -0.25) is 9.69 Å². The monoisotopic (exact) mass is 267 g/mol. The minimum absolute atomic E-state index is 0.253. The Kier molecular flexibility index (Phi) is 4.61. The van der Waals surface area contributed by atoms with Gasteiger partial charge in [0.15, 0.2) is 0 Å². The van der Waals surface area contributed by atoms with E-state index < -0.39 is 24.2 Å². The summed E-state index contributed by atoms with van der Waals surface area (Å²) in [5.74, 6) is -0.490. The van der Waals surface area contributed by atoms with Gasteiger partial charge in [-0.2, -0.15) is 13.2 Å². The van der Waals surface area contributed by atoms with Gasteiger partial charge in [-0.15, -0.1) is 0 Å². The van der Waals surface area contributed by atoms with Gasteiger partial charge in [0.2, 0.25) is 5.91 Å². The number of rotatable bonds is 5. The number of hydrogen-bond acceptors (Lipinski definition) is 3. The Morgan fingerprint density at radius 2 is 2.17 bits per heavy atom. The molecule has 4 nitrogen and oxygen atoms in total. The van der Waals surface area contributed by atoms with Gasteiger partial charge >= 0.3 is 6.18 Å². The van der Waals surface area contributed by atoms with Crippen molar-refractivity contribution in [3.05, 3.63) is 0 Å². The quantitative estimate of drug-likeness (QED) is 0.777. The summed E-state index contributed by atoms with van der Waals surface area (Å²) in [5.41, 5.74) is 4.47. The van der Waals surface area contributed by atoms with Crippen molar-refractivity contribution in [2.45, 2.75) is 43.9 Å². The van der Waals surface area contributed by atoms with Crippen LogP contribution in [0.2, 0.25) is 0 Å². The molecule has 0 aromatic rings. The van der Waals surface area contributed by atoms with Crippen LogP contribution in [0.3, 0.4) is 0 Å². The van der Waals surface area contributed by atoms with E-state index >= 15 is 0 Å². The van der Waals surface area contributed by atoms with Crippen LogP contribution >= 0.6 is 0 Å². The first kappa shape index (κ1) is 15.2. The highest BCUT2D eigenvalue weighted by atomic mass is 19.4. The number of likely N-dealkylation sites (N-methyl/N-ethyl adjacent to an activating group) is 1. The van der Waals surface area contributed by atoms with Gasteiger partial charge in [0.05, 0.1) is 12.1 Å². The minimum atomic E-state index is -4.21. The lowest BCUT2D eigenvalue weighted by atomic mass is 9.96. The molecule has 1 aliphatic rings. The number of nitrogens with zero attached hydrogens (tertiary/aromatic N) is 1. The van der Waals surface area contributed by atoms with Crippen LogP contribution in [0.4, 0.5) is 13.2 Å². The van der Waals surface area contributed by atoms with Gasteiger partial charge < -0.3 is 11.1 Å². The van der Waals surface area contributed by atoms with Crippen LogP contribution < -0.4 is 11.1 Å². The Bertz CT molecular complexity index is 308. The molecule has 0 bridgehead atoms. The Morgan fingerprint density at radius 3 is 2.50 bits per heavy atom. The van der Waals surface area contributed by atoms with Crippen LogP contribution in [0.15, 0.2) is 0 Å². The van der Waals surface area contributed by atoms with Gasteiger partial charge in [-0.1, -0.05) is 6.92 Å². The molecule has 2 unspecified atom stereocenters. The third-order valence-electron chi connectivity index (χ3n) is 3.74. The van der Waals surface area contributed by atoms with Crippen molar-refractivity contribution in [1.29, 1.82) is 0 Å². The number of carbonyl (C=O) groups is 1. The number of alkyl halides is 3. The maximum absolute atomic E-state index is 12.4. The van der Waals surface area contributed by atoms with Gasteiger partial charge in [0, 0.05) is 6.04 Å². The van der Waals surface area contributed by atoms with Crippen LogP contribution in [0.5, 0.6) is 0 Å². The van der Waals surface area contributed by atoms with Crippen LogP contribution in [0.25, 0.3) is 0 Å². The molecule has 0 saturated heterocycles. The lowest BCUT2D eigenvalue weighted by molar-refractivity contribution is -0.150.